The van der Waals surface area contributed by atoms with E-state index in [0.717, 1.165) is 11.5 Å². The van der Waals surface area contributed by atoms with Crippen molar-refractivity contribution in [1.82, 2.24) is 5.32 Å². The number of amides is 1. The Balaban J connectivity index is 3.74. The summed E-state index contributed by atoms with van der Waals surface area (Å²) < 4.78 is 10.5. The molecule has 0 aromatic rings. The summed E-state index contributed by atoms with van der Waals surface area (Å²) in [5, 5.41) is 2.11. The Morgan fingerprint density at radius 3 is 2.67 bits per heavy atom. The minimum atomic E-state index is -4.18. The van der Waals surface area contributed by atoms with Gasteiger partial charge in [0.1, 0.15) is 6.29 Å². The third-order valence-corrected chi connectivity index (χ3v) is 3.08. The van der Waals surface area contributed by atoms with E-state index < -0.39 is 25.8 Å². The van der Waals surface area contributed by atoms with Gasteiger partial charge in [-0.25, -0.2) is 0 Å². The van der Waals surface area contributed by atoms with E-state index in [1.165, 1.54) is 0 Å². The third-order valence-electron chi connectivity index (χ3n) is 1.57. The fraction of sp³-hybridized carbons (Fsp3) is 0.857. The highest BCUT2D eigenvalue weighted by atomic mass is 32.2. The van der Waals surface area contributed by atoms with Gasteiger partial charge in [0.25, 0.3) is 0 Å². The summed E-state index contributed by atoms with van der Waals surface area (Å²) >= 11 is 1.66. The van der Waals surface area contributed by atoms with E-state index in [1.54, 1.807) is 11.8 Å². The van der Waals surface area contributed by atoms with Crippen LogP contribution < -0.4 is 11.1 Å². The zero-order valence-electron chi connectivity index (χ0n) is 8.55. The molecule has 0 bridgehead atoms. The summed E-state index contributed by atoms with van der Waals surface area (Å²) in [4.78, 5) is 28.2. The van der Waals surface area contributed by atoms with E-state index in [4.69, 9.17) is 15.5 Å². The predicted molar refractivity (Wildman–Crippen MR) is 60.6 cm³/mol. The highest BCUT2D eigenvalue weighted by molar-refractivity contribution is 7.99. The predicted octanol–water partition coefficient (Wildman–Crippen LogP) is -0.292. The van der Waals surface area contributed by atoms with Crippen molar-refractivity contribution in [2.24, 2.45) is 5.73 Å². The Hall–Kier alpha value is -0.0700. The fourth-order valence-corrected chi connectivity index (χ4v) is 1.87. The molecule has 0 aliphatic carbocycles. The number of rotatable bonds is 7. The number of hydrogen-bond donors (Lipinski definition) is 4. The van der Waals surface area contributed by atoms with Crippen molar-refractivity contribution in [2.75, 3.05) is 17.8 Å². The molecule has 90 valence electrons. The maximum absolute atomic E-state index is 11.2. The highest BCUT2D eigenvalue weighted by Crippen LogP contribution is 2.31. The second kappa shape index (κ2) is 7.24. The van der Waals surface area contributed by atoms with Crippen molar-refractivity contribution < 1.29 is 19.1 Å². The Bertz CT molecular complexity index is 245. The number of nitrogens with two attached hydrogens (primary N) is 1. The zero-order chi connectivity index (χ0) is 11.9. The summed E-state index contributed by atoms with van der Waals surface area (Å²) in [6.45, 7) is 2.00. The van der Waals surface area contributed by atoms with E-state index in [1.807, 2.05) is 6.92 Å². The number of thioether (sulfide) groups is 1. The zero-order valence-corrected chi connectivity index (χ0v) is 10.3. The van der Waals surface area contributed by atoms with Crippen LogP contribution in [-0.2, 0) is 9.36 Å². The molecule has 1 atom stereocenters. The Morgan fingerprint density at radius 1 is 1.60 bits per heavy atom. The Labute approximate surface area is 93.2 Å². The van der Waals surface area contributed by atoms with Crippen LogP contribution in [0.4, 0.5) is 0 Å². The van der Waals surface area contributed by atoms with Crippen molar-refractivity contribution in [2.45, 2.75) is 19.4 Å². The molecule has 0 fully saturated rings. The maximum Gasteiger partial charge on any atom is 0.344 e. The molecule has 5 N–H and O–H groups in total. The number of hydrogen-bond acceptors (Lipinski definition) is 4. The lowest BCUT2D eigenvalue weighted by atomic mass is 10.2. The standard InChI is InChI=1S/C7H17N2O4PS/c1-2-15-4-3-6(8)7(10)9-5-14(11,12)13/h6H,2-5,8H2,1H3,(H,9,10)(H2,11,12,13)/t6-/m0/s1. The molecule has 0 aliphatic heterocycles. The molecule has 0 saturated carbocycles. The quantitative estimate of drug-likeness (QED) is 0.368. The normalized spacial score (nSPS) is 13.6. The molecule has 0 aliphatic rings. The van der Waals surface area contributed by atoms with Crippen LogP contribution in [0.3, 0.4) is 0 Å². The number of carbonyl (C=O) groups excluding carboxylic acids is 1. The number of nitrogens with one attached hydrogen (secondary N) is 1. The average Bonchev–Trinajstić information content (AvgIpc) is 2.13. The van der Waals surface area contributed by atoms with E-state index in [9.17, 15) is 9.36 Å². The second-order valence-corrected chi connectivity index (χ2v) is 6.00. The van der Waals surface area contributed by atoms with Crippen molar-refractivity contribution in [3.8, 4) is 0 Å². The first-order valence-corrected chi connectivity index (χ1v) is 7.47. The monoisotopic (exact) mass is 256 g/mol. The van der Waals surface area contributed by atoms with Crippen LogP contribution in [0.1, 0.15) is 13.3 Å². The van der Waals surface area contributed by atoms with Gasteiger partial charge in [0, 0.05) is 0 Å². The molecule has 0 radical (unpaired) electrons. The molecule has 15 heavy (non-hydrogen) atoms. The fourth-order valence-electron chi connectivity index (χ4n) is 0.798. The van der Waals surface area contributed by atoms with E-state index >= 15 is 0 Å². The summed E-state index contributed by atoms with van der Waals surface area (Å²) in [6.07, 6.45) is -0.147. The van der Waals surface area contributed by atoms with Crippen LogP contribution in [0.25, 0.3) is 0 Å². The van der Waals surface area contributed by atoms with E-state index in [-0.39, 0.29) is 0 Å². The molecule has 0 aromatic heterocycles. The first-order chi connectivity index (χ1) is 6.87. The Kier molecular flexibility index (Phi) is 7.21. The minimum absolute atomic E-state index is 0.505. The van der Waals surface area contributed by atoms with Crippen molar-refractivity contribution in [3.05, 3.63) is 0 Å². The van der Waals surface area contributed by atoms with Crippen LogP contribution in [-0.4, -0.2) is 39.5 Å². The van der Waals surface area contributed by atoms with Crippen LogP contribution in [0.2, 0.25) is 0 Å². The van der Waals surface area contributed by atoms with Crippen molar-refractivity contribution >= 4 is 25.3 Å². The van der Waals surface area contributed by atoms with Crippen LogP contribution in [0.15, 0.2) is 0 Å². The molecular weight excluding hydrogens is 239 g/mol. The van der Waals surface area contributed by atoms with Gasteiger partial charge in [-0.2, -0.15) is 11.8 Å². The average molecular weight is 256 g/mol. The first-order valence-electron chi connectivity index (χ1n) is 4.52. The second-order valence-electron chi connectivity index (χ2n) is 2.96. The van der Waals surface area contributed by atoms with Gasteiger partial charge in [-0.3, -0.25) is 9.36 Å². The van der Waals surface area contributed by atoms with Gasteiger partial charge in [-0.1, -0.05) is 6.92 Å². The lowest BCUT2D eigenvalue weighted by Gasteiger charge is -2.12. The summed E-state index contributed by atoms with van der Waals surface area (Å²) in [5.74, 6) is 1.20. The molecule has 0 unspecified atom stereocenters. The maximum atomic E-state index is 11.2. The Morgan fingerprint density at radius 2 is 2.20 bits per heavy atom. The van der Waals surface area contributed by atoms with E-state index in [0.29, 0.717) is 6.42 Å². The van der Waals surface area contributed by atoms with Crippen molar-refractivity contribution in [1.29, 1.82) is 0 Å². The minimum Gasteiger partial charge on any atom is -0.343 e. The molecule has 1 amide bonds. The summed E-state index contributed by atoms with van der Waals surface area (Å²) in [6, 6.07) is -0.699. The van der Waals surface area contributed by atoms with Crippen LogP contribution in [0, 0.1) is 0 Å². The largest absolute Gasteiger partial charge is 0.344 e. The molecule has 0 aromatic carbocycles. The molecule has 0 rings (SSSR count). The highest BCUT2D eigenvalue weighted by Gasteiger charge is 2.18. The van der Waals surface area contributed by atoms with Crippen LogP contribution in [0.5, 0.6) is 0 Å². The van der Waals surface area contributed by atoms with Gasteiger partial charge in [0.2, 0.25) is 5.91 Å². The van der Waals surface area contributed by atoms with Gasteiger partial charge >= 0.3 is 7.60 Å². The molecule has 0 heterocycles. The molecule has 6 nitrogen and oxygen atoms in total. The lowest BCUT2D eigenvalue weighted by molar-refractivity contribution is -0.122. The van der Waals surface area contributed by atoms with Gasteiger partial charge < -0.3 is 20.8 Å². The molecule has 0 spiro atoms. The van der Waals surface area contributed by atoms with Gasteiger partial charge in [0.05, 0.1) is 6.04 Å². The molecule has 0 saturated heterocycles. The van der Waals surface area contributed by atoms with Gasteiger partial charge in [-0.05, 0) is 17.9 Å². The SMILES string of the molecule is CCSCC[C@H](N)C(=O)NCP(=O)(O)O. The summed E-state index contributed by atoms with van der Waals surface area (Å²) in [7, 11) is -4.18. The summed E-state index contributed by atoms with van der Waals surface area (Å²) in [5.41, 5.74) is 5.51. The molecule has 8 heteroatoms. The van der Waals surface area contributed by atoms with Crippen LogP contribution >= 0.6 is 19.4 Å². The smallest absolute Gasteiger partial charge is 0.343 e. The lowest BCUT2D eigenvalue weighted by Crippen LogP contribution is -2.41. The third kappa shape index (κ3) is 8.89. The number of carbonyl (C=O) groups is 1. The van der Waals surface area contributed by atoms with E-state index in [2.05, 4.69) is 5.32 Å². The molecular formula is C7H17N2O4PS. The van der Waals surface area contributed by atoms with Crippen molar-refractivity contribution in [3.63, 3.8) is 0 Å². The van der Waals surface area contributed by atoms with Gasteiger partial charge in [-0.15, -0.1) is 0 Å². The van der Waals surface area contributed by atoms with Gasteiger partial charge in [0.15, 0.2) is 0 Å². The first kappa shape index (κ1) is 14.9. The topological polar surface area (TPSA) is 113 Å².